The van der Waals surface area contributed by atoms with Crippen LogP contribution in [0, 0.1) is 5.92 Å². The first kappa shape index (κ1) is 18.3. The van der Waals surface area contributed by atoms with Gasteiger partial charge in [0.1, 0.15) is 0 Å². The number of carbonyl (C=O) groups excluding carboxylic acids is 2. The van der Waals surface area contributed by atoms with Gasteiger partial charge in [-0.3, -0.25) is 9.69 Å². The van der Waals surface area contributed by atoms with E-state index >= 15 is 0 Å². The van der Waals surface area contributed by atoms with Gasteiger partial charge in [-0.15, -0.1) is 12.4 Å². The van der Waals surface area contributed by atoms with Crippen LogP contribution in [-0.2, 0) is 4.79 Å². The molecule has 1 aromatic carbocycles. The zero-order valence-corrected chi connectivity index (χ0v) is 13.7. The summed E-state index contributed by atoms with van der Waals surface area (Å²) in [4.78, 5) is 25.5. The fourth-order valence-corrected chi connectivity index (χ4v) is 2.12. The van der Waals surface area contributed by atoms with Crippen LogP contribution < -0.4 is 21.3 Å². The number of urea groups is 1. The lowest BCUT2D eigenvalue weighted by atomic mass is 10.0. The van der Waals surface area contributed by atoms with Gasteiger partial charge in [-0.2, -0.15) is 0 Å². The summed E-state index contributed by atoms with van der Waals surface area (Å²) < 4.78 is 0. The van der Waals surface area contributed by atoms with Crippen molar-refractivity contribution in [2.75, 3.05) is 23.3 Å². The molecule has 7 heteroatoms. The molecule has 2 unspecified atom stereocenters. The topological polar surface area (TPSA) is 87.5 Å². The molecule has 0 aliphatic carbocycles. The number of carbonyl (C=O) groups is 2. The van der Waals surface area contributed by atoms with E-state index in [1.165, 1.54) is 0 Å². The Bertz CT molecular complexity index is 536. The summed E-state index contributed by atoms with van der Waals surface area (Å²) in [6.45, 7) is 4.98. The summed E-state index contributed by atoms with van der Waals surface area (Å²) in [5.74, 6) is -0.391. The molecule has 6 nitrogen and oxygen atoms in total. The fourth-order valence-electron chi connectivity index (χ4n) is 2.12. The monoisotopic (exact) mass is 326 g/mol. The number of nitrogens with zero attached hydrogens (tertiary/aromatic N) is 1. The molecule has 2 rings (SSSR count). The van der Waals surface area contributed by atoms with E-state index in [1.807, 2.05) is 12.1 Å². The molecule has 3 amide bonds. The van der Waals surface area contributed by atoms with Crippen molar-refractivity contribution in [3.63, 3.8) is 0 Å². The van der Waals surface area contributed by atoms with Crippen LogP contribution in [0.15, 0.2) is 24.3 Å². The molecule has 0 saturated carbocycles. The van der Waals surface area contributed by atoms with Gasteiger partial charge >= 0.3 is 6.03 Å². The molecule has 122 valence electrons. The van der Waals surface area contributed by atoms with Gasteiger partial charge in [-0.1, -0.05) is 13.0 Å². The van der Waals surface area contributed by atoms with Gasteiger partial charge in [0.05, 0.1) is 5.92 Å². The molecule has 1 aliphatic rings. The Labute approximate surface area is 136 Å². The summed E-state index contributed by atoms with van der Waals surface area (Å²) in [6.07, 6.45) is 0.907. The zero-order valence-electron chi connectivity index (χ0n) is 12.8. The van der Waals surface area contributed by atoms with Crippen molar-refractivity contribution in [3.8, 4) is 0 Å². The first-order valence-corrected chi connectivity index (χ1v) is 7.21. The maximum Gasteiger partial charge on any atom is 0.321 e. The number of anilines is 2. The smallest absolute Gasteiger partial charge is 0.321 e. The Morgan fingerprint density at radius 3 is 2.77 bits per heavy atom. The summed E-state index contributed by atoms with van der Waals surface area (Å²) in [5.41, 5.74) is 7.18. The number of amides is 3. The van der Waals surface area contributed by atoms with Gasteiger partial charge in [0.2, 0.25) is 5.91 Å². The van der Waals surface area contributed by atoms with E-state index < -0.39 is 0 Å². The molecule has 1 heterocycles. The lowest BCUT2D eigenvalue weighted by molar-refractivity contribution is -0.119. The Balaban J connectivity index is 0.00000242. The number of halogens is 1. The first-order chi connectivity index (χ1) is 9.99. The second kappa shape index (κ2) is 8.00. The van der Waals surface area contributed by atoms with Crippen molar-refractivity contribution < 1.29 is 9.59 Å². The first-order valence-electron chi connectivity index (χ1n) is 7.21. The van der Waals surface area contributed by atoms with Crippen LogP contribution in [0.5, 0.6) is 0 Å². The van der Waals surface area contributed by atoms with Gasteiger partial charge in [-0.25, -0.2) is 4.79 Å². The Hall–Kier alpha value is -1.79. The van der Waals surface area contributed by atoms with Gasteiger partial charge < -0.3 is 16.4 Å². The number of hydrogen-bond acceptors (Lipinski definition) is 3. The highest BCUT2D eigenvalue weighted by Gasteiger charge is 2.20. The number of rotatable bonds is 4. The van der Waals surface area contributed by atoms with Crippen LogP contribution in [0.4, 0.5) is 16.2 Å². The molecule has 0 aromatic heterocycles. The second-order valence-corrected chi connectivity index (χ2v) is 5.42. The van der Waals surface area contributed by atoms with Gasteiger partial charge in [0.25, 0.3) is 0 Å². The van der Waals surface area contributed by atoms with Crippen LogP contribution in [0.3, 0.4) is 0 Å². The minimum atomic E-state index is -0.271. The van der Waals surface area contributed by atoms with Crippen LogP contribution in [0.1, 0.15) is 20.3 Å². The number of hydrogen-bond donors (Lipinski definition) is 3. The largest absolute Gasteiger partial charge is 0.338 e. The van der Waals surface area contributed by atoms with E-state index in [0.717, 1.165) is 12.1 Å². The molecule has 1 saturated heterocycles. The maximum atomic E-state index is 12.0. The van der Waals surface area contributed by atoms with Gasteiger partial charge in [0, 0.05) is 30.5 Å². The summed E-state index contributed by atoms with van der Waals surface area (Å²) in [5, 5.41) is 5.65. The summed E-state index contributed by atoms with van der Waals surface area (Å²) in [6, 6.07) is 6.97. The standard InChI is InChI=1S/C15H22N4O2.ClH/c1-10(11(2)16)14(20)18-12-5-3-6-13(9-12)19-8-4-7-17-15(19)21;/h3,5-6,9-11H,4,7-8,16H2,1-2H3,(H,17,21)(H,18,20);1H. The fraction of sp³-hybridized carbons (Fsp3) is 0.467. The average molecular weight is 327 g/mol. The Morgan fingerprint density at radius 1 is 1.41 bits per heavy atom. The lowest BCUT2D eigenvalue weighted by Gasteiger charge is -2.27. The lowest BCUT2D eigenvalue weighted by Crippen LogP contribution is -2.46. The van der Waals surface area contributed by atoms with Crippen LogP contribution in [0.25, 0.3) is 0 Å². The molecule has 4 N–H and O–H groups in total. The third kappa shape index (κ3) is 4.35. The zero-order chi connectivity index (χ0) is 15.4. The highest BCUT2D eigenvalue weighted by Crippen LogP contribution is 2.21. The van der Waals surface area contributed by atoms with Crippen molar-refractivity contribution in [3.05, 3.63) is 24.3 Å². The molecule has 1 aliphatic heterocycles. The molecule has 22 heavy (non-hydrogen) atoms. The molecule has 2 atom stereocenters. The second-order valence-electron chi connectivity index (χ2n) is 5.42. The molecule has 0 radical (unpaired) electrons. The van der Waals surface area contributed by atoms with E-state index in [0.29, 0.717) is 18.8 Å². The van der Waals surface area contributed by atoms with Crippen LogP contribution in [-0.4, -0.2) is 31.1 Å². The van der Waals surface area contributed by atoms with E-state index in [2.05, 4.69) is 10.6 Å². The third-order valence-electron chi connectivity index (χ3n) is 3.71. The minimum absolute atomic E-state index is 0. The average Bonchev–Trinajstić information content (AvgIpc) is 2.47. The van der Waals surface area contributed by atoms with Crippen molar-refractivity contribution >= 4 is 35.7 Å². The molecule has 0 spiro atoms. The van der Waals surface area contributed by atoms with Crippen molar-refractivity contribution in [2.24, 2.45) is 11.7 Å². The van der Waals surface area contributed by atoms with E-state index in [-0.39, 0.29) is 36.3 Å². The van der Waals surface area contributed by atoms with Crippen molar-refractivity contribution in [1.29, 1.82) is 0 Å². The van der Waals surface area contributed by atoms with Gasteiger partial charge in [-0.05, 0) is 31.5 Å². The predicted octanol–water partition coefficient (Wildman–Crippen LogP) is 1.95. The SMILES string of the molecule is CC(N)C(C)C(=O)Nc1cccc(N2CCCNC2=O)c1.Cl. The quantitative estimate of drug-likeness (QED) is 0.790. The Kier molecular flexibility index (Phi) is 6.64. The van der Waals surface area contributed by atoms with Crippen LogP contribution >= 0.6 is 12.4 Å². The summed E-state index contributed by atoms with van der Waals surface area (Å²) >= 11 is 0. The normalized spacial score (nSPS) is 17.0. The highest BCUT2D eigenvalue weighted by molar-refractivity contribution is 5.96. The number of nitrogens with two attached hydrogens (primary N) is 1. The Morgan fingerprint density at radius 2 is 2.14 bits per heavy atom. The van der Waals surface area contributed by atoms with Crippen molar-refractivity contribution in [2.45, 2.75) is 26.3 Å². The molecular weight excluding hydrogens is 304 g/mol. The van der Waals surface area contributed by atoms with Crippen LogP contribution in [0.2, 0.25) is 0 Å². The summed E-state index contributed by atoms with van der Waals surface area (Å²) in [7, 11) is 0. The molecular formula is C15H23ClN4O2. The van der Waals surface area contributed by atoms with E-state index in [1.54, 1.807) is 30.9 Å². The molecule has 1 aromatic rings. The third-order valence-corrected chi connectivity index (χ3v) is 3.71. The highest BCUT2D eigenvalue weighted by atomic mass is 35.5. The predicted molar refractivity (Wildman–Crippen MR) is 90.5 cm³/mol. The van der Waals surface area contributed by atoms with E-state index in [4.69, 9.17) is 5.73 Å². The number of benzene rings is 1. The molecule has 1 fully saturated rings. The van der Waals surface area contributed by atoms with Gasteiger partial charge in [0.15, 0.2) is 0 Å². The number of nitrogens with one attached hydrogen (secondary N) is 2. The van der Waals surface area contributed by atoms with Crippen molar-refractivity contribution in [1.82, 2.24) is 5.32 Å². The molecule has 0 bridgehead atoms. The minimum Gasteiger partial charge on any atom is -0.338 e. The van der Waals surface area contributed by atoms with E-state index in [9.17, 15) is 9.59 Å². The maximum absolute atomic E-state index is 12.0.